The molecule has 2 saturated heterocycles. The molecule has 6 heteroatoms. The Morgan fingerprint density at radius 2 is 1.50 bits per heavy atom. The zero-order valence-corrected chi connectivity index (χ0v) is 22.5. The van der Waals surface area contributed by atoms with Crippen molar-refractivity contribution in [2.75, 3.05) is 41.7 Å². The van der Waals surface area contributed by atoms with Crippen molar-refractivity contribution in [1.82, 2.24) is 4.90 Å². The van der Waals surface area contributed by atoms with Gasteiger partial charge in [-0.25, -0.2) is 4.79 Å². The van der Waals surface area contributed by atoms with Gasteiger partial charge in [-0.3, -0.25) is 4.79 Å². The number of amides is 3. The maximum Gasteiger partial charge on any atom is 0.323 e. The Balaban J connectivity index is 1.31. The van der Waals surface area contributed by atoms with E-state index >= 15 is 0 Å². The van der Waals surface area contributed by atoms with Crippen LogP contribution in [0.2, 0.25) is 0 Å². The molecule has 2 N–H and O–H groups in total. The number of aryl methyl sites for hydroxylation is 2. The Morgan fingerprint density at radius 1 is 0.816 bits per heavy atom. The minimum Gasteiger partial charge on any atom is -0.371 e. The minimum atomic E-state index is -0.309. The van der Waals surface area contributed by atoms with Crippen LogP contribution in [-0.4, -0.2) is 43.0 Å². The number of carbonyl (C=O) groups is 2. The van der Waals surface area contributed by atoms with Crippen molar-refractivity contribution in [3.8, 4) is 0 Å². The van der Waals surface area contributed by atoms with Gasteiger partial charge < -0.3 is 20.4 Å². The summed E-state index contributed by atoms with van der Waals surface area (Å²) in [5, 5.41) is 5.93. The Hall–Kier alpha value is -3.80. The number of anilines is 3. The minimum absolute atomic E-state index is 0.0581. The largest absolute Gasteiger partial charge is 0.371 e. The summed E-state index contributed by atoms with van der Waals surface area (Å²) in [5.74, 6) is 0.712. The standard InChI is InChI=1S/C32H38N4O2/c1-23-9-8-10-24(2)30(23)34-32(38)33-27-13-14-29(28(22-27)31(37)36-17-6-7-18-36)35-19-15-26(16-20-35)21-25-11-4-3-5-12-25/h3-5,8-14,22,26H,6-7,15-21H2,1-2H3,(H2,33,34,38). The number of rotatable bonds is 6. The number of carbonyl (C=O) groups excluding carboxylic acids is 2. The number of hydrogen-bond donors (Lipinski definition) is 2. The Labute approximate surface area is 226 Å². The maximum atomic E-state index is 13.6. The molecule has 3 aromatic carbocycles. The summed E-state index contributed by atoms with van der Waals surface area (Å²) in [6.45, 7) is 7.40. The molecule has 2 aliphatic heterocycles. The fourth-order valence-corrected chi connectivity index (χ4v) is 5.76. The molecular formula is C32H38N4O2. The molecule has 0 aromatic heterocycles. The van der Waals surface area contributed by atoms with E-state index in [1.54, 1.807) is 0 Å². The quantitative estimate of drug-likeness (QED) is 0.391. The average molecular weight is 511 g/mol. The summed E-state index contributed by atoms with van der Waals surface area (Å²) in [4.78, 5) is 30.8. The molecule has 0 saturated carbocycles. The molecule has 0 aliphatic carbocycles. The molecule has 2 fully saturated rings. The van der Waals surface area contributed by atoms with Gasteiger partial charge in [-0.1, -0.05) is 48.5 Å². The monoisotopic (exact) mass is 510 g/mol. The van der Waals surface area contributed by atoms with Gasteiger partial charge in [-0.05, 0) is 86.8 Å². The SMILES string of the molecule is Cc1cccc(C)c1NC(=O)Nc1ccc(N2CCC(Cc3ccccc3)CC2)c(C(=O)N2CCCC2)c1. The molecule has 2 aliphatic rings. The van der Waals surface area contributed by atoms with Crippen molar-refractivity contribution < 1.29 is 9.59 Å². The van der Waals surface area contributed by atoms with Gasteiger partial charge in [-0.15, -0.1) is 0 Å². The van der Waals surface area contributed by atoms with Crippen molar-refractivity contribution >= 4 is 29.0 Å². The number of para-hydroxylation sites is 1. The van der Waals surface area contributed by atoms with E-state index in [1.165, 1.54) is 5.56 Å². The van der Waals surface area contributed by atoms with Crippen molar-refractivity contribution in [2.45, 2.75) is 46.0 Å². The van der Waals surface area contributed by atoms with Crippen LogP contribution in [-0.2, 0) is 6.42 Å². The first-order chi connectivity index (χ1) is 18.5. The number of urea groups is 1. The van der Waals surface area contributed by atoms with Crippen molar-refractivity contribution in [3.63, 3.8) is 0 Å². The van der Waals surface area contributed by atoms with E-state index in [4.69, 9.17) is 0 Å². The van der Waals surface area contributed by atoms with Gasteiger partial charge >= 0.3 is 6.03 Å². The van der Waals surface area contributed by atoms with Crippen LogP contribution in [0.5, 0.6) is 0 Å². The molecule has 198 valence electrons. The zero-order chi connectivity index (χ0) is 26.5. The summed E-state index contributed by atoms with van der Waals surface area (Å²) < 4.78 is 0. The lowest BCUT2D eigenvalue weighted by atomic mass is 9.89. The molecule has 3 aromatic rings. The number of benzene rings is 3. The van der Waals surface area contributed by atoms with Crippen LogP contribution < -0.4 is 15.5 Å². The van der Waals surface area contributed by atoms with Gasteiger partial charge in [-0.2, -0.15) is 0 Å². The third kappa shape index (κ3) is 6.01. The van der Waals surface area contributed by atoms with Gasteiger partial charge in [0, 0.05) is 43.2 Å². The lowest BCUT2D eigenvalue weighted by Gasteiger charge is -2.35. The number of nitrogens with one attached hydrogen (secondary N) is 2. The lowest BCUT2D eigenvalue weighted by Crippen LogP contribution is -2.36. The van der Waals surface area contributed by atoms with Gasteiger partial charge in [0.05, 0.1) is 5.56 Å². The van der Waals surface area contributed by atoms with E-state index in [0.29, 0.717) is 17.2 Å². The molecule has 0 unspecified atom stereocenters. The first kappa shape index (κ1) is 25.8. The highest BCUT2D eigenvalue weighted by atomic mass is 16.2. The van der Waals surface area contributed by atoms with E-state index in [2.05, 4.69) is 45.9 Å². The summed E-state index contributed by atoms with van der Waals surface area (Å²) in [7, 11) is 0. The number of hydrogen-bond acceptors (Lipinski definition) is 3. The summed E-state index contributed by atoms with van der Waals surface area (Å²) in [5.41, 5.74) is 6.50. The van der Waals surface area contributed by atoms with Crippen LogP contribution in [0, 0.1) is 19.8 Å². The third-order valence-corrected chi connectivity index (χ3v) is 7.92. The second-order valence-corrected chi connectivity index (χ2v) is 10.7. The Morgan fingerprint density at radius 3 is 2.18 bits per heavy atom. The van der Waals surface area contributed by atoms with Crippen molar-refractivity contribution in [1.29, 1.82) is 0 Å². The number of nitrogens with zero attached hydrogens (tertiary/aromatic N) is 2. The predicted octanol–water partition coefficient (Wildman–Crippen LogP) is 6.64. The molecule has 2 heterocycles. The topological polar surface area (TPSA) is 64.7 Å². The normalized spacial score (nSPS) is 15.9. The van der Waals surface area contributed by atoms with Crippen LogP contribution in [0.25, 0.3) is 0 Å². The van der Waals surface area contributed by atoms with Crippen molar-refractivity contribution in [2.24, 2.45) is 5.92 Å². The third-order valence-electron chi connectivity index (χ3n) is 7.92. The van der Waals surface area contributed by atoms with Crippen LogP contribution in [0.4, 0.5) is 21.9 Å². The van der Waals surface area contributed by atoms with Crippen LogP contribution in [0.3, 0.4) is 0 Å². The second kappa shape index (κ2) is 11.7. The number of piperidine rings is 1. The van der Waals surface area contributed by atoms with Gasteiger partial charge in [0.2, 0.25) is 0 Å². The highest BCUT2D eigenvalue weighted by Crippen LogP contribution is 2.32. The fourth-order valence-electron chi connectivity index (χ4n) is 5.76. The highest BCUT2D eigenvalue weighted by molar-refractivity contribution is 6.04. The van der Waals surface area contributed by atoms with Crippen LogP contribution in [0.1, 0.15) is 52.7 Å². The highest BCUT2D eigenvalue weighted by Gasteiger charge is 2.27. The average Bonchev–Trinajstić information content (AvgIpc) is 3.47. The summed E-state index contributed by atoms with van der Waals surface area (Å²) >= 11 is 0. The zero-order valence-electron chi connectivity index (χ0n) is 22.5. The summed E-state index contributed by atoms with van der Waals surface area (Å²) in [6, 6.07) is 22.1. The molecule has 5 rings (SSSR count). The smallest absolute Gasteiger partial charge is 0.323 e. The predicted molar refractivity (Wildman–Crippen MR) is 155 cm³/mol. The lowest BCUT2D eigenvalue weighted by molar-refractivity contribution is 0.0793. The second-order valence-electron chi connectivity index (χ2n) is 10.7. The Bertz CT molecular complexity index is 1260. The molecule has 0 spiro atoms. The molecule has 0 radical (unpaired) electrons. The molecule has 38 heavy (non-hydrogen) atoms. The molecule has 6 nitrogen and oxygen atoms in total. The van der Waals surface area contributed by atoms with Gasteiger partial charge in [0.1, 0.15) is 0 Å². The maximum absolute atomic E-state index is 13.6. The Kier molecular flexibility index (Phi) is 7.97. The molecule has 0 bridgehead atoms. The van der Waals surface area contributed by atoms with Crippen molar-refractivity contribution in [3.05, 3.63) is 89.0 Å². The summed E-state index contributed by atoms with van der Waals surface area (Å²) in [6.07, 6.45) is 5.39. The van der Waals surface area contributed by atoms with E-state index in [9.17, 15) is 9.59 Å². The van der Waals surface area contributed by atoms with E-state index in [0.717, 1.165) is 80.8 Å². The van der Waals surface area contributed by atoms with Crippen LogP contribution >= 0.6 is 0 Å². The van der Waals surface area contributed by atoms with E-state index in [1.807, 2.05) is 55.1 Å². The van der Waals surface area contributed by atoms with Gasteiger partial charge in [0.15, 0.2) is 0 Å². The first-order valence-electron chi connectivity index (χ1n) is 13.8. The number of likely N-dealkylation sites (tertiary alicyclic amines) is 1. The molecular weight excluding hydrogens is 472 g/mol. The molecule has 0 atom stereocenters. The fraction of sp³-hybridized carbons (Fsp3) is 0.375. The molecule has 3 amide bonds. The van der Waals surface area contributed by atoms with E-state index < -0.39 is 0 Å². The van der Waals surface area contributed by atoms with E-state index in [-0.39, 0.29) is 11.9 Å². The van der Waals surface area contributed by atoms with Gasteiger partial charge in [0.25, 0.3) is 5.91 Å². The van der Waals surface area contributed by atoms with Crippen LogP contribution in [0.15, 0.2) is 66.7 Å². The first-order valence-corrected chi connectivity index (χ1v) is 13.8.